The number of likely N-dealkylation sites (N-methyl/N-ethyl adjacent to an activating group) is 1. The van der Waals surface area contributed by atoms with Gasteiger partial charge < -0.3 is 14.5 Å². The van der Waals surface area contributed by atoms with Gasteiger partial charge in [-0.3, -0.25) is 4.90 Å². The van der Waals surface area contributed by atoms with Crippen molar-refractivity contribution in [3.8, 4) is 5.69 Å². The fourth-order valence-electron chi connectivity index (χ4n) is 5.40. The summed E-state index contributed by atoms with van der Waals surface area (Å²) in [4.78, 5) is 6.09. The maximum atomic E-state index is 9.48. The van der Waals surface area contributed by atoms with Crippen molar-refractivity contribution in [2.75, 3.05) is 63.7 Å². The van der Waals surface area contributed by atoms with Gasteiger partial charge in [-0.25, -0.2) is 0 Å². The van der Waals surface area contributed by atoms with Crippen LogP contribution in [0.5, 0.6) is 0 Å². The van der Waals surface area contributed by atoms with Crippen molar-refractivity contribution >= 4 is 40.2 Å². The first kappa shape index (κ1) is 30.7. The van der Waals surface area contributed by atoms with Gasteiger partial charge in [0, 0.05) is 62.5 Å². The Morgan fingerprint density at radius 1 is 0.950 bits per heavy atom. The van der Waals surface area contributed by atoms with Crippen LogP contribution in [0, 0.1) is 0 Å². The van der Waals surface area contributed by atoms with Gasteiger partial charge in [-0.15, -0.1) is 0 Å². The van der Waals surface area contributed by atoms with E-state index in [1.54, 1.807) is 0 Å². The van der Waals surface area contributed by atoms with Crippen LogP contribution in [-0.4, -0.2) is 63.5 Å². The first-order valence-electron chi connectivity index (χ1n) is 13.8. The number of anilines is 2. The molecule has 0 fully saturated rings. The van der Waals surface area contributed by atoms with Crippen molar-refractivity contribution < 1.29 is 46.9 Å². The van der Waals surface area contributed by atoms with Gasteiger partial charge in [0.15, 0.2) is 0 Å². The van der Waals surface area contributed by atoms with E-state index in [0.29, 0.717) is 0 Å². The quantitative estimate of drug-likeness (QED) is 0.174. The summed E-state index contributed by atoms with van der Waals surface area (Å²) >= 11 is 1.83. The average Bonchev–Trinajstić information content (AvgIpc) is 3.26. The Hall–Kier alpha value is -2.22. The van der Waals surface area contributed by atoms with Gasteiger partial charge in [0.25, 0.3) is 5.82 Å². The summed E-state index contributed by atoms with van der Waals surface area (Å²) < 4.78 is 3.24. The minimum Gasteiger partial charge on any atom is -0.391 e. The van der Waals surface area contributed by atoms with Crippen molar-refractivity contribution in [3.63, 3.8) is 0 Å². The Morgan fingerprint density at radius 3 is 2.38 bits per heavy atom. The maximum absolute atomic E-state index is 9.48. The topological polar surface area (TPSA) is 30.6 Å². The number of fused-ring (bicyclic) bond motifs is 2. The Balaban J connectivity index is 0.00000370. The number of rotatable bonds is 10. The molecule has 0 bridgehead atoms. The van der Waals surface area contributed by atoms with Crippen molar-refractivity contribution in [1.82, 2.24) is 0 Å². The van der Waals surface area contributed by atoms with Crippen LogP contribution < -0.4 is 14.4 Å². The third kappa shape index (κ3) is 6.63. The van der Waals surface area contributed by atoms with E-state index in [1.807, 2.05) is 11.8 Å². The van der Waals surface area contributed by atoms with Crippen LogP contribution in [-0.2, 0) is 32.7 Å². The Morgan fingerprint density at radius 2 is 1.65 bits per heavy atom. The van der Waals surface area contributed by atoms with E-state index < -0.39 is 0 Å². The molecule has 0 unspecified atom stereocenters. The third-order valence-electron chi connectivity index (χ3n) is 7.64. The number of quaternary nitrogens is 1. The molecule has 3 aromatic carbocycles. The van der Waals surface area contributed by atoms with Gasteiger partial charge in [0.1, 0.15) is 17.7 Å². The molecule has 4 aromatic rings. The molecule has 2 heterocycles. The summed E-state index contributed by atoms with van der Waals surface area (Å²) in [5.41, 5.74) is 4.85. The monoisotopic (exact) mass is 629 g/mol. The predicted octanol–water partition coefficient (Wildman–Crippen LogP) is 5.94. The van der Waals surface area contributed by atoms with Crippen molar-refractivity contribution in [3.05, 3.63) is 95.5 Å². The van der Waals surface area contributed by atoms with Crippen LogP contribution in [0.15, 0.2) is 94.9 Å². The molecule has 0 atom stereocenters. The van der Waals surface area contributed by atoms with E-state index in [9.17, 15) is 5.11 Å². The molecule has 1 radical (unpaired) electrons. The standard InChI is InChI=1S/C33H40N4OS.Y/c1-5-35(20-13-21-37(3,4)22-23-38)32-24-26(25-33-34(2)30-18-11-12-19-31(30)39-33)28-16-9-10-17-29(28)36(32)27-14-7-6-8-15-27;/h6-12,14-19,24-25,38H,5,13,20-23H2,1-4H3;/q+2;. The van der Waals surface area contributed by atoms with E-state index in [1.165, 1.54) is 37.9 Å². The van der Waals surface area contributed by atoms with Crippen LogP contribution in [0.1, 0.15) is 18.9 Å². The van der Waals surface area contributed by atoms with Crippen molar-refractivity contribution in [1.29, 1.82) is 0 Å². The number of nitrogens with zero attached hydrogens (tertiary/aromatic N) is 4. The molecular weight excluding hydrogens is 589 g/mol. The molecule has 0 saturated carbocycles. The Bertz CT molecular complexity index is 1470. The molecule has 1 aliphatic heterocycles. The van der Waals surface area contributed by atoms with Crippen molar-refractivity contribution in [2.24, 2.45) is 0 Å². The molecule has 5 rings (SSSR count). The smallest absolute Gasteiger partial charge is 0.282 e. The minimum atomic E-state index is 0. The molecule has 40 heavy (non-hydrogen) atoms. The Kier molecular flexibility index (Phi) is 10.5. The zero-order valence-corrected chi connectivity index (χ0v) is 27.8. The van der Waals surface area contributed by atoms with Gasteiger partial charge in [0.2, 0.25) is 0 Å². The summed E-state index contributed by atoms with van der Waals surface area (Å²) in [6.45, 7) is 6.12. The van der Waals surface area contributed by atoms with Gasteiger partial charge in [-0.05, 0) is 48.9 Å². The minimum absolute atomic E-state index is 0. The van der Waals surface area contributed by atoms with E-state index in [-0.39, 0.29) is 39.3 Å². The number of aromatic nitrogens is 1. The Labute approximate surface area is 268 Å². The van der Waals surface area contributed by atoms with Crippen LogP contribution in [0.2, 0.25) is 0 Å². The molecular formula is C33H40N4OSY+2. The number of aliphatic hydroxyl groups is 1. The maximum Gasteiger partial charge on any atom is 0.282 e. The molecule has 1 aliphatic rings. The molecule has 0 amide bonds. The molecule has 1 aromatic heterocycles. The summed E-state index contributed by atoms with van der Waals surface area (Å²) in [5.74, 6) is 1.20. The second kappa shape index (κ2) is 13.6. The van der Waals surface area contributed by atoms with Gasteiger partial charge in [-0.1, -0.05) is 60.3 Å². The van der Waals surface area contributed by atoms with E-state index >= 15 is 0 Å². The summed E-state index contributed by atoms with van der Waals surface area (Å²) in [5, 5.41) is 11.9. The molecule has 0 aliphatic carbocycles. The van der Waals surface area contributed by atoms with Crippen LogP contribution in [0.4, 0.5) is 11.5 Å². The predicted molar refractivity (Wildman–Crippen MR) is 166 cm³/mol. The number of para-hydroxylation sites is 3. The zero-order valence-electron chi connectivity index (χ0n) is 24.1. The second-order valence-electron chi connectivity index (χ2n) is 10.8. The molecule has 0 spiro atoms. The first-order chi connectivity index (χ1) is 18.9. The van der Waals surface area contributed by atoms with Crippen LogP contribution in [0.3, 0.4) is 0 Å². The first-order valence-corrected chi connectivity index (χ1v) is 14.7. The fraction of sp³-hybridized carbons (Fsp3) is 0.303. The summed E-state index contributed by atoms with van der Waals surface area (Å²) in [7, 11) is 6.56. The summed E-state index contributed by atoms with van der Waals surface area (Å²) in [6, 6.07) is 30.4. The molecule has 5 nitrogen and oxygen atoms in total. The van der Waals surface area contributed by atoms with E-state index in [0.717, 1.165) is 42.8 Å². The number of hydrogen-bond acceptors (Lipinski definition) is 4. The number of hydrogen-bond donors (Lipinski definition) is 1. The van der Waals surface area contributed by atoms with Gasteiger partial charge in [-0.2, -0.15) is 4.57 Å². The van der Waals surface area contributed by atoms with Gasteiger partial charge >= 0.3 is 0 Å². The summed E-state index contributed by atoms with van der Waals surface area (Å²) in [6.07, 6.45) is 3.40. The molecule has 1 N–H and O–H groups in total. The third-order valence-corrected chi connectivity index (χ3v) is 8.80. The van der Waals surface area contributed by atoms with Gasteiger partial charge in [0.05, 0.1) is 51.1 Å². The largest absolute Gasteiger partial charge is 0.391 e. The number of aliphatic hydroxyl groups excluding tert-OH is 1. The molecule has 205 valence electrons. The van der Waals surface area contributed by atoms with Crippen molar-refractivity contribution in [2.45, 2.75) is 18.2 Å². The molecule has 0 saturated heterocycles. The van der Waals surface area contributed by atoms with Crippen LogP contribution in [0.25, 0.3) is 22.7 Å². The average molecular weight is 630 g/mol. The zero-order chi connectivity index (χ0) is 27.4. The van der Waals surface area contributed by atoms with E-state index in [4.69, 9.17) is 0 Å². The number of pyridine rings is 1. The SMILES string of the molecule is CCN(CCC[N+](C)(C)CCO)c1cc(C=C2Sc3ccccc3N2C)c2ccccc2[n+]1-c1ccccc1.[Y]. The fourth-order valence-corrected chi connectivity index (χ4v) is 6.51. The molecule has 7 heteroatoms. The number of thioether (sulfide) groups is 1. The van der Waals surface area contributed by atoms with E-state index in [2.05, 4.69) is 133 Å². The number of benzene rings is 3. The van der Waals surface area contributed by atoms with Crippen LogP contribution >= 0.6 is 11.8 Å². The second-order valence-corrected chi connectivity index (χ2v) is 11.9. The normalized spacial score (nSPS) is 13.9.